The van der Waals surface area contributed by atoms with Crippen LogP contribution in [-0.4, -0.2) is 113 Å². The highest BCUT2D eigenvalue weighted by Crippen LogP contribution is 2.18. The number of methoxy groups -OCH3 is 1. The summed E-state index contributed by atoms with van der Waals surface area (Å²) < 4.78 is 4.70. The number of likely N-dealkylation sites (tertiary alicyclic amines) is 1. The molecule has 1 heterocycles. The van der Waals surface area contributed by atoms with Gasteiger partial charge in [-0.15, -0.1) is 5.92 Å². The van der Waals surface area contributed by atoms with Crippen molar-refractivity contribution >= 4 is 37.0 Å². The SMILES string of the molecule is C=N/C(=C(/C=O)N(CC#CC)CN1CCCC(NC)C1)N(C)C=O.COC(=O)c1cc(Cl)ccc1CN(C)C. The summed E-state index contributed by atoms with van der Waals surface area (Å²) in [6.07, 6.45) is 3.56. The van der Waals surface area contributed by atoms with Crippen LogP contribution in [0.5, 0.6) is 0 Å². The lowest BCUT2D eigenvalue weighted by atomic mass is 10.1. The molecule has 1 aliphatic rings. The highest BCUT2D eigenvalue weighted by atomic mass is 35.5. The summed E-state index contributed by atoms with van der Waals surface area (Å²) in [6.45, 7) is 8.71. The summed E-state index contributed by atoms with van der Waals surface area (Å²) in [5, 5.41) is 3.84. The zero-order valence-electron chi connectivity index (χ0n) is 23.9. The van der Waals surface area contributed by atoms with Crippen molar-refractivity contribution in [2.24, 2.45) is 4.99 Å². The molecule has 1 fully saturated rings. The molecule has 0 aliphatic carbocycles. The Morgan fingerprint density at radius 1 is 1.33 bits per heavy atom. The molecular formula is C28H41ClN6O4. The molecular weight excluding hydrogens is 520 g/mol. The van der Waals surface area contributed by atoms with Gasteiger partial charge in [0.25, 0.3) is 0 Å². The van der Waals surface area contributed by atoms with Crippen LogP contribution in [0.4, 0.5) is 0 Å². The van der Waals surface area contributed by atoms with E-state index in [0.717, 1.165) is 31.5 Å². The molecule has 39 heavy (non-hydrogen) atoms. The lowest BCUT2D eigenvalue weighted by Crippen LogP contribution is -2.48. The molecule has 11 heteroatoms. The monoisotopic (exact) mass is 560 g/mol. The topological polar surface area (TPSA) is 97.8 Å². The molecule has 1 aromatic rings. The summed E-state index contributed by atoms with van der Waals surface area (Å²) in [4.78, 5) is 45.4. The van der Waals surface area contributed by atoms with Gasteiger partial charge >= 0.3 is 5.97 Å². The molecule has 1 aromatic carbocycles. The second kappa shape index (κ2) is 18.1. The Bertz CT molecular complexity index is 1070. The molecule has 0 spiro atoms. The Kier molecular flexibility index (Phi) is 15.7. The molecule has 1 saturated heterocycles. The number of carbonyl (C=O) groups excluding carboxylic acids is 3. The van der Waals surface area contributed by atoms with Crippen LogP contribution in [0.1, 0.15) is 35.7 Å². The van der Waals surface area contributed by atoms with Crippen LogP contribution >= 0.6 is 11.6 Å². The highest BCUT2D eigenvalue weighted by Gasteiger charge is 2.23. The third-order valence-electron chi connectivity index (χ3n) is 6.02. The van der Waals surface area contributed by atoms with Crippen LogP contribution in [0.15, 0.2) is 34.7 Å². The third-order valence-corrected chi connectivity index (χ3v) is 6.25. The predicted octanol–water partition coefficient (Wildman–Crippen LogP) is 2.30. The van der Waals surface area contributed by atoms with E-state index in [0.29, 0.717) is 54.8 Å². The number of allylic oxidation sites excluding steroid dienone is 1. The van der Waals surface area contributed by atoms with E-state index in [1.807, 2.05) is 37.0 Å². The second-order valence-electron chi connectivity index (χ2n) is 9.20. The van der Waals surface area contributed by atoms with Gasteiger partial charge in [0.1, 0.15) is 5.70 Å². The molecule has 0 bridgehead atoms. The van der Waals surface area contributed by atoms with Gasteiger partial charge in [-0.2, -0.15) is 0 Å². The van der Waals surface area contributed by atoms with Crippen molar-refractivity contribution in [1.29, 1.82) is 0 Å². The highest BCUT2D eigenvalue weighted by molar-refractivity contribution is 6.31. The number of ether oxygens (including phenoxy) is 1. The first-order valence-corrected chi connectivity index (χ1v) is 12.9. The number of esters is 1. The van der Waals surface area contributed by atoms with Crippen LogP contribution in [0, 0.1) is 11.8 Å². The summed E-state index contributed by atoms with van der Waals surface area (Å²) in [5.74, 6) is 5.71. The van der Waals surface area contributed by atoms with E-state index in [-0.39, 0.29) is 11.8 Å². The molecule has 1 aliphatic heterocycles. The molecule has 10 nitrogen and oxygen atoms in total. The molecule has 0 aromatic heterocycles. The van der Waals surface area contributed by atoms with Gasteiger partial charge in [0.15, 0.2) is 12.1 Å². The number of aliphatic imine (C=N–C) groups is 1. The Labute approximate surface area is 237 Å². The van der Waals surface area contributed by atoms with Gasteiger partial charge in [-0.1, -0.05) is 23.6 Å². The maximum atomic E-state index is 11.7. The van der Waals surface area contributed by atoms with Crippen molar-refractivity contribution in [2.45, 2.75) is 32.4 Å². The Hall–Kier alpha value is -3.23. The van der Waals surface area contributed by atoms with E-state index in [1.54, 1.807) is 26.1 Å². The van der Waals surface area contributed by atoms with Crippen molar-refractivity contribution in [3.8, 4) is 11.8 Å². The minimum absolute atomic E-state index is 0.236. The number of amides is 1. The number of likely N-dealkylation sites (N-methyl/N-ethyl adjacent to an activating group) is 1. The molecule has 0 radical (unpaired) electrons. The number of nitrogens with one attached hydrogen (secondary N) is 1. The van der Waals surface area contributed by atoms with Crippen molar-refractivity contribution in [3.63, 3.8) is 0 Å². The lowest BCUT2D eigenvalue weighted by Gasteiger charge is -2.37. The van der Waals surface area contributed by atoms with E-state index in [9.17, 15) is 14.4 Å². The maximum Gasteiger partial charge on any atom is 0.338 e. The number of rotatable bonds is 12. The Balaban J connectivity index is 0.000000434. The fraction of sp³-hybridized carbons (Fsp3) is 0.500. The van der Waals surface area contributed by atoms with Crippen LogP contribution in [0.2, 0.25) is 5.02 Å². The second-order valence-corrected chi connectivity index (χ2v) is 9.64. The van der Waals surface area contributed by atoms with Gasteiger partial charge in [0.05, 0.1) is 25.9 Å². The van der Waals surface area contributed by atoms with E-state index >= 15 is 0 Å². The number of hydrogen-bond acceptors (Lipinski definition) is 9. The maximum absolute atomic E-state index is 11.7. The number of halogens is 1. The summed E-state index contributed by atoms with van der Waals surface area (Å²) >= 11 is 5.83. The van der Waals surface area contributed by atoms with Crippen molar-refractivity contribution in [1.82, 2.24) is 24.9 Å². The smallest absolute Gasteiger partial charge is 0.338 e. The first-order chi connectivity index (χ1) is 18.6. The van der Waals surface area contributed by atoms with Gasteiger partial charge in [0.2, 0.25) is 6.41 Å². The van der Waals surface area contributed by atoms with E-state index in [1.165, 1.54) is 12.0 Å². The first-order valence-electron chi connectivity index (χ1n) is 12.6. The van der Waals surface area contributed by atoms with Crippen LogP contribution in [0.25, 0.3) is 0 Å². The lowest BCUT2D eigenvalue weighted by molar-refractivity contribution is -0.115. The van der Waals surface area contributed by atoms with Gasteiger partial charge in [-0.05, 0) is 71.9 Å². The number of aldehydes is 1. The molecule has 1 N–H and O–H groups in total. The fourth-order valence-corrected chi connectivity index (χ4v) is 4.24. The van der Waals surface area contributed by atoms with Crippen molar-refractivity contribution in [2.75, 3.05) is 61.6 Å². The zero-order valence-corrected chi connectivity index (χ0v) is 24.6. The van der Waals surface area contributed by atoms with Crippen LogP contribution in [-0.2, 0) is 20.9 Å². The average Bonchev–Trinajstić information content (AvgIpc) is 2.94. The average molecular weight is 561 g/mol. The molecule has 1 amide bonds. The fourth-order valence-electron chi connectivity index (χ4n) is 4.07. The van der Waals surface area contributed by atoms with Gasteiger partial charge < -0.3 is 24.8 Å². The van der Waals surface area contributed by atoms with E-state index in [2.05, 4.69) is 33.8 Å². The zero-order chi connectivity index (χ0) is 29.4. The Morgan fingerprint density at radius 3 is 2.59 bits per heavy atom. The minimum atomic E-state index is -0.352. The van der Waals surface area contributed by atoms with Gasteiger partial charge in [-0.25, -0.2) is 9.79 Å². The number of benzene rings is 1. The standard InChI is InChI=1S/C17H27N5O2.C11H14ClNO2/c1-5-6-10-22(13-21-9-7-8-15(11-21)18-2)16(12-23)17(19-3)20(4)14-24;1-13(2)7-8-4-5-9(12)6-10(8)11(14)15-3/h12,14-15,18H,3,7-11,13H2,1-2,4H3;4-6H,7H2,1-3H3/b17-16+;. The van der Waals surface area contributed by atoms with E-state index in [4.69, 9.17) is 16.3 Å². The summed E-state index contributed by atoms with van der Waals surface area (Å²) in [5.41, 5.74) is 1.75. The largest absolute Gasteiger partial charge is 0.465 e. The normalized spacial score (nSPS) is 15.5. The molecule has 0 saturated carbocycles. The third kappa shape index (κ3) is 11.2. The quantitative estimate of drug-likeness (QED) is 0.137. The van der Waals surface area contributed by atoms with Crippen LogP contribution < -0.4 is 5.32 Å². The molecule has 1 unspecified atom stereocenters. The number of hydrogen-bond donors (Lipinski definition) is 1. The summed E-state index contributed by atoms with van der Waals surface area (Å²) in [7, 11) is 8.75. The van der Waals surface area contributed by atoms with Crippen LogP contribution in [0.3, 0.4) is 0 Å². The molecule has 2 rings (SSSR count). The number of piperidine rings is 1. The predicted molar refractivity (Wildman–Crippen MR) is 155 cm³/mol. The van der Waals surface area contributed by atoms with Crippen molar-refractivity contribution < 1.29 is 19.1 Å². The molecule has 214 valence electrons. The van der Waals surface area contributed by atoms with Gasteiger partial charge in [-0.3, -0.25) is 14.5 Å². The van der Waals surface area contributed by atoms with E-state index < -0.39 is 0 Å². The van der Waals surface area contributed by atoms with Gasteiger partial charge in [0, 0.05) is 31.2 Å². The Morgan fingerprint density at radius 2 is 2.05 bits per heavy atom. The summed E-state index contributed by atoms with van der Waals surface area (Å²) in [6, 6.07) is 5.68. The number of carbonyl (C=O) groups is 3. The number of nitrogens with zero attached hydrogens (tertiary/aromatic N) is 5. The van der Waals surface area contributed by atoms with Crippen molar-refractivity contribution in [3.05, 3.63) is 45.9 Å². The first kappa shape index (κ1) is 33.8. The minimum Gasteiger partial charge on any atom is -0.465 e. The molecule has 1 atom stereocenters.